The van der Waals surface area contributed by atoms with Crippen molar-refractivity contribution in [2.75, 3.05) is 0 Å². The van der Waals surface area contributed by atoms with E-state index in [1.54, 1.807) is 0 Å². The van der Waals surface area contributed by atoms with Crippen LogP contribution >= 0.6 is 0 Å². The summed E-state index contributed by atoms with van der Waals surface area (Å²) in [5, 5.41) is 10.2. The molecule has 0 spiro atoms. The quantitative estimate of drug-likeness (QED) is 0.730. The van der Waals surface area contributed by atoms with Gasteiger partial charge in [-0.05, 0) is 37.0 Å². The van der Waals surface area contributed by atoms with Crippen molar-refractivity contribution in [3.8, 4) is 0 Å². The minimum atomic E-state index is -1.03. The molecule has 0 aromatic heterocycles. The second kappa shape index (κ2) is 8.52. The maximum absolute atomic E-state index is 12.3. The van der Waals surface area contributed by atoms with Crippen LogP contribution in [0.1, 0.15) is 65.7 Å². The maximum Gasteiger partial charge on any atom is 0.230 e. The van der Waals surface area contributed by atoms with Gasteiger partial charge in [-0.25, -0.2) is 0 Å². The molecule has 0 bridgehead atoms. The van der Waals surface area contributed by atoms with E-state index in [0.29, 0.717) is 24.7 Å². The van der Waals surface area contributed by atoms with E-state index in [-0.39, 0.29) is 11.7 Å². The van der Waals surface area contributed by atoms with Gasteiger partial charge in [-0.2, -0.15) is 0 Å². The molecule has 5 unspecified atom stereocenters. The van der Waals surface area contributed by atoms with Crippen molar-refractivity contribution in [3.63, 3.8) is 0 Å². The van der Waals surface area contributed by atoms with E-state index in [4.69, 9.17) is 5.73 Å². The molecule has 1 aliphatic rings. The highest BCUT2D eigenvalue weighted by Gasteiger charge is 2.32. The molecule has 3 N–H and O–H groups in total. The van der Waals surface area contributed by atoms with Crippen molar-refractivity contribution in [2.24, 2.45) is 29.4 Å². The highest BCUT2D eigenvalue weighted by Crippen LogP contribution is 2.26. The molecule has 1 fully saturated rings. The molecule has 0 radical (unpaired) electrons. The van der Waals surface area contributed by atoms with E-state index in [0.717, 1.165) is 25.7 Å². The van der Waals surface area contributed by atoms with Gasteiger partial charge in [0.05, 0.1) is 6.10 Å². The van der Waals surface area contributed by atoms with Gasteiger partial charge in [-0.1, -0.05) is 40.0 Å². The Bertz CT molecular complexity index is 356. The summed E-state index contributed by atoms with van der Waals surface area (Å²) in [5.74, 6) is -0.489. The minimum Gasteiger partial charge on any atom is -0.392 e. The molecule has 0 aromatic rings. The van der Waals surface area contributed by atoms with Crippen molar-refractivity contribution >= 4 is 11.7 Å². The number of primary amides is 1. The van der Waals surface area contributed by atoms with E-state index in [9.17, 15) is 14.7 Å². The summed E-state index contributed by atoms with van der Waals surface area (Å²) in [5.41, 5.74) is 5.34. The Morgan fingerprint density at radius 1 is 1.05 bits per heavy atom. The number of hydrogen-bond donors (Lipinski definition) is 2. The standard InChI is InChI=1S/C17H31NO3/c1-11-5-4-6-12(2)10-15(20)16(17(18)21)14(19)8-7-13(3)9-11/h11-14,16,19H,4-10H2,1-3H3,(H2,18,21). The number of amides is 1. The number of ketones is 1. The first-order chi connectivity index (χ1) is 9.81. The summed E-state index contributed by atoms with van der Waals surface area (Å²) in [4.78, 5) is 23.8. The Balaban J connectivity index is 2.81. The van der Waals surface area contributed by atoms with Crippen molar-refractivity contribution in [1.82, 2.24) is 0 Å². The van der Waals surface area contributed by atoms with Crippen LogP contribution in [0.2, 0.25) is 0 Å². The molecular formula is C17H31NO3. The smallest absolute Gasteiger partial charge is 0.230 e. The SMILES string of the molecule is CC1CCCC(C)CC(C)CCC(O)C(C(N)=O)C(=O)C1. The fourth-order valence-corrected chi connectivity index (χ4v) is 3.49. The van der Waals surface area contributed by atoms with Crippen LogP contribution in [0, 0.1) is 23.7 Å². The van der Waals surface area contributed by atoms with Crippen molar-refractivity contribution in [3.05, 3.63) is 0 Å². The molecule has 4 heteroatoms. The van der Waals surface area contributed by atoms with Gasteiger partial charge >= 0.3 is 0 Å². The molecule has 1 saturated carbocycles. The number of aliphatic hydroxyl groups excluding tert-OH is 1. The molecule has 1 amide bonds. The average molecular weight is 297 g/mol. The van der Waals surface area contributed by atoms with Crippen LogP contribution in [0.15, 0.2) is 0 Å². The molecular weight excluding hydrogens is 266 g/mol. The number of hydrogen-bond acceptors (Lipinski definition) is 3. The fourth-order valence-electron chi connectivity index (χ4n) is 3.49. The highest BCUT2D eigenvalue weighted by molar-refractivity contribution is 6.01. The zero-order valence-corrected chi connectivity index (χ0v) is 13.7. The maximum atomic E-state index is 12.3. The Labute approximate surface area is 128 Å². The lowest BCUT2D eigenvalue weighted by molar-refractivity contribution is -0.137. The van der Waals surface area contributed by atoms with Crippen LogP contribution < -0.4 is 5.73 Å². The third-order valence-corrected chi connectivity index (χ3v) is 4.74. The normalized spacial score (nSPS) is 37.1. The number of nitrogens with two attached hydrogens (primary N) is 1. The lowest BCUT2D eigenvalue weighted by Gasteiger charge is -2.22. The molecule has 4 nitrogen and oxygen atoms in total. The lowest BCUT2D eigenvalue weighted by atomic mass is 9.86. The molecule has 21 heavy (non-hydrogen) atoms. The molecule has 1 rings (SSSR count). The van der Waals surface area contributed by atoms with Gasteiger partial charge in [0.15, 0.2) is 0 Å². The highest BCUT2D eigenvalue weighted by atomic mass is 16.3. The average Bonchev–Trinajstić information content (AvgIpc) is 2.35. The monoisotopic (exact) mass is 297 g/mol. The van der Waals surface area contributed by atoms with Gasteiger partial charge in [-0.3, -0.25) is 9.59 Å². The summed E-state index contributed by atoms with van der Waals surface area (Å²) < 4.78 is 0. The Hall–Kier alpha value is -0.900. The van der Waals surface area contributed by atoms with E-state index in [2.05, 4.69) is 13.8 Å². The summed E-state index contributed by atoms with van der Waals surface area (Å²) in [7, 11) is 0. The first-order valence-corrected chi connectivity index (χ1v) is 8.31. The van der Waals surface area contributed by atoms with Gasteiger partial charge < -0.3 is 10.8 Å². The van der Waals surface area contributed by atoms with Gasteiger partial charge in [-0.15, -0.1) is 0 Å². The first kappa shape index (κ1) is 18.1. The van der Waals surface area contributed by atoms with Crippen LogP contribution in [0.25, 0.3) is 0 Å². The van der Waals surface area contributed by atoms with E-state index in [1.807, 2.05) is 6.92 Å². The fraction of sp³-hybridized carbons (Fsp3) is 0.882. The summed E-state index contributed by atoms with van der Waals surface area (Å²) in [6, 6.07) is 0. The molecule has 0 saturated heterocycles. The first-order valence-electron chi connectivity index (χ1n) is 8.31. The van der Waals surface area contributed by atoms with Crippen molar-refractivity contribution in [2.45, 2.75) is 71.8 Å². The second-order valence-corrected chi connectivity index (χ2v) is 7.18. The van der Waals surface area contributed by atoms with E-state index < -0.39 is 17.9 Å². The summed E-state index contributed by atoms with van der Waals surface area (Å²) in [6.07, 6.45) is 5.15. The van der Waals surface area contributed by atoms with Crippen LogP contribution in [-0.2, 0) is 9.59 Å². The molecule has 0 aromatic carbocycles. The summed E-state index contributed by atoms with van der Waals surface area (Å²) in [6.45, 7) is 6.48. The van der Waals surface area contributed by atoms with Crippen LogP contribution in [-0.4, -0.2) is 22.9 Å². The molecule has 0 heterocycles. The zero-order chi connectivity index (χ0) is 16.0. The summed E-state index contributed by atoms with van der Waals surface area (Å²) >= 11 is 0. The topological polar surface area (TPSA) is 80.4 Å². The number of Topliss-reactive ketones (excluding diaryl/α,β-unsaturated/α-hetero) is 1. The van der Waals surface area contributed by atoms with Crippen LogP contribution in [0.5, 0.6) is 0 Å². The van der Waals surface area contributed by atoms with Gasteiger partial charge in [0, 0.05) is 6.42 Å². The molecule has 122 valence electrons. The van der Waals surface area contributed by atoms with Gasteiger partial charge in [0.1, 0.15) is 11.7 Å². The Kier molecular flexibility index (Phi) is 7.36. The van der Waals surface area contributed by atoms with Gasteiger partial charge in [0.25, 0.3) is 0 Å². The largest absolute Gasteiger partial charge is 0.392 e. The van der Waals surface area contributed by atoms with Crippen molar-refractivity contribution < 1.29 is 14.7 Å². The molecule has 0 aliphatic heterocycles. The van der Waals surface area contributed by atoms with Crippen molar-refractivity contribution in [1.29, 1.82) is 0 Å². The Morgan fingerprint density at radius 2 is 1.62 bits per heavy atom. The Morgan fingerprint density at radius 3 is 2.24 bits per heavy atom. The van der Waals surface area contributed by atoms with Crippen LogP contribution in [0.3, 0.4) is 0 Å². The lowest BCUT2D eigenvalue weighted by Crippen LogP contribution is -2.40. The minimum absolute atomic E-state index is 0.192. The predicted molar refractivity (Wildman–Crippen MR) is 83.5 cm³/mol. The van der Waals surface area contributed by atoms with Gasteiger partial charge in [0.2, 0.25) is 5.91 Å². The zero-order valence-electron chi connectivity index (χ0n) is 13.7. The number of aliphatic hydroxyl groups is 1. The third-order valence-electron chi connectivity index (χ3n) is 4.74. The molecule has 5 atom stereocenters. The predicted octanol–water partition coefficient (Wildman–Crippen LogP) is 2.67. The number of carbonyl (C=O) groups excluding carboxylic acids is 2. The second-order valence-electron chi connectivity index (χ2n) is 7.18. The van der Waals surface area contributed by atoms with Crippen LogP contribution in [0.4, 0.5) is 0 Å². The van der Waals surface area contributed by atoms with E-state index >= 15 is 0 Å². The van der Waals surface area contributed by atoms with E-state index in [1.165, 1.54) is 6.42 Å². The third kappa shape index (κ3) is 6.16. The number of carbonyl (C=O) groups is 2. The molecule has 1 aliphatic carbocycles. The number of rotatable bonds is 1.